The first-order chi connectivity index (χ1) is 20.6. The Bertz CT molecular complexity index is 1460. The molecule has 15 nitrogen and oxygen atoms in total. The lowest BCUT2D eigenvalue weighted by atomic mass is 9.50. The largest absolute Gasteiger partial charge is 0.504 e. The number of phenolic OH excluding ortho intramolecular Hbond substituents is 1. The molecule has 4 aliphatic rings. The standard InChI is InChI=1S/C29H33NO14/c1-12(41-13(2)25(35)36)17(43-27(39)22(34)21(33)26(37)38)11-19(32)42-16-6-7-29(40)18-10-14-4-5-15(31)23-20(14)28(29,24(16)44-23)8-9-30(18)3/h4-6,13,17-18,21-22,24,31,33-34,40H,1,7-11H2,2-3H3,(H,35,36)(H,37,38)/t13-,17-,18+,21+,22+,24-,28-,29+/m0/s1. The number of hydrogen-bond donors (Lipinski definition) is 6. The van der Waals surface area contributed by atoms with Crippen LogP contribution in [0, 0.1) is 0 Å². The van der Waals surface area contributed by atoms with Crippen LogP contribution in [0.5, 0.6) is 11.5 Å². The molecule has 0 saturated carbocycles. The smallest absolute Gasteiger partial charge is 0.344 e. The topological polar surface area (TPSA) is 230 Å². The second kappa shape index (κ2) is 11.1. The summed E-state index contributed by atoms with van der Waals surface area (Å²) in [5, 5.41) is 60.4. The van der Waals surface area contributed by atoms with Crippen molar-refractivity contribution >= 4 is 23.9 Å². The van der Waals surface area contributed by atoms with Crippen molar-refractivity contribution in [1.82, 2.24) is 4.90 Å². The summed E-state index contributed by atoms with van der Waals surface area (Å²) in [5.74, 6) is -6.46. The number of benzene rings is 1. The molecule has 5 rings (SSSR count). The number of rotatable bonds is 11. The minimum atomic E-state index is -2.55. The number of esters is 2. The van der Waals surface area contributed by atoms with Gasteiger partial charge in [0.05, 0.1) is 17.4 Å². The molecule has 2 bridgehead atoms. The number of carboxylic acid groups (broad SMARTS) is 2. The SMILES string of the molecule is C=C(O[C@@H](C)C(=O)O)[C@H](CC(=O)OC1=CC[C@@]2(O)[C@H]3Cc4ccc(O)c5c4[C@@]2(CCN3C)[C@H]1O5)OC(=O)[C@H](O)[C@@H](O)C(=O)O. The summed E-state index contributed by atoms with van der Waals surface area (Å²) in [4.78, 5) is 50.0. The van der Waals surface area contributed by atoms with Gasteiger partial charge >= 0.3 is 23.9 Å². The zero-order chi connectivity index (χ0) is 32.3. The van der Waals surface area contributed by atoms with Crippen molar-refractivity contribution in [2.45, 2.75) is 80.2 Å². The quantitative estimate of drug-likeness (QED) is 0.133. The van der Waals surface area contributed by atoms with E-state index in [9.17, 15) is 44.7 Å². The first kappa shape index (κ1) is 31.3. The van der Waals surface area contributed by atoms with Crippen LogP contribution in [-0.4, -0.2) is 115 Å². The van der Waals surface area contributed by atoms with E-state index in [-0.39, 0.29) is 29.7 Å². The van der Waals surface area contributed by atoms with Gasteiger partial charge in [-0.3, -0.25) is 4.79 Å². The molecular formula is C29H33NO14. The molecular weight excluding hydrogens is 586 g/mol. The highest BCUT2D eigenvalue weighted by atomic mass is 16.6. The van der Waals surface area contributed by atoms with E-state index >= 15 is 0 Å². The number of nitrogens with zero attached hydrogens (tertiary/aromatic N) is 1. The normalized spacial score (nSPS) is 29.1. The molecule has 0 unspecified atom stereocenters. The van der Waals surface area contributed by atoms with Crippen LogP contribution in [0.15, 0.2) is 36.3 Å². The fourth-order valence-corrected chi connectivity index (χ4v) is 6.81. The van der Waals surface area contributed by atoms with Gasteiger partial charge in [0.2, 0.25) is 0 Å². The number of aliphatic carboxylic acids is 2. The first-order valence-electron chi connectivity index (χ1n) is 13.8. The number of likely N-dealkylation sites (tertiary alicyclic amines) is 1. The highest BCUT2D eigenvalue weighted by molar-refractivity contribution is 5.84. The predicted octanol–water partition coefficient (Wildman–Crippen LogP) is -0.675. The predicted molar refractivity (Wildman–Crippen MR) is 144 cm³/mol. The number of phenols is 1. The Morgan fingerprint density at radius 1 is 1.14 bits per heavy atom. The Morgan fingerprint density at radius 3 is 2.50 bits per heavy atom. The van der Waals surface area contributed by atoms with Crippen LogP contribution < -0.4 is 4.74 Å². The van der Waals surface area contributed by atoms with E-state index in [1.54, 1.807) is 6.07 Å². The third-order valence-corrected chi connectivity index (χ3v) is 9.02. The maximum Gasteiger partial charge on any atom is 0.344 e. The van der Waals surface area contributed by atoms with E-state index in [2.05, 4.69) is 11.5 Å². The molecule has 8 atom stereocenters. The molecule has 1 fully saturated rings. The minimum Gasteiger partial charge on any atom is -0.504 e. The summed E-state index contributed by atoms with van der Waals surface area (Å²) < 4.78 is 22.1. The number of carbonyl (C=O) groups excluding carboxylic acids is 2. The zero-order valence-electron chi connectivity index (χ0n) is 23.8. The number of carbonyl (C=O) groups is 4. The number of ether oxygens (including phenoxy) is 4. The van der Waals surface area contributed by atoms with Gasteiger partial charge in [0.1, 0.15) is 11.5 Å². The Hall–Kier alpha value is -4.18. The molecule has 15 heteroatoms. The van der Waals surface area contributed by atoms with Gasteiger partial charge in [-0.2, -0.15) is 0 Å². The van der Waals surface area contributed by atoms with Gasteiger partial charge in [-0.25, -0.2) is 14.4 Å². The van der Waals surface area contributed by atoms with Crippen LogP contribution in [0.1, 0.15) is 37.3 Å². The molecule has 1 spiro atoms. The fourth-order valence-electron chi connectivity index (χ4n) is 6.81. The van der Waals surface area contributed by atoms with Crippen molar-refractivity contribution in [3.8, 4) is 11.5 Å². The second-order valence-electron chi connectivity index (χ2n) is 11.5. The number of aliphatic hydroxyl groups is 3. The lowest BCUT2D eigenvalue weighted by Gasteiger charge is -2.61. The van der Waals surface area contributed by atoms with E-state index in [4.69, 9.17) is 24.1 Å². The maximum absolute atomic E-state index is 13.3. The van der Waals surface area contributed by atoms with Gasteiger partial charge in [0.25, 0.3) is 0 Å². The number of likely N-dealkylation sites (N-methyl/N-ethyl adjacent to an activating group) is 1. The van der Waals surface area contributed by atoms with Crippen molar-refractivity contribution in [1.29, 1.82) is 0 Å². The van der Waals surface area contributed by atoms with E-state index < -0.39 is 77.6 Å². The summed E-state index contributed by atoms with van der Waals surface area (Å²) in [6.07, 6.45) is -7.67. The van der Waals surface area contributed by atoms with Gasteiger partial charge in [-0.15, -0.1) is 0 Å². The molecule has 1 aromatic carbocycles. The molecule has 0 radical (unpaired) electrons. The molecule has 2 aliphatic heterocycles. The average molecular weight is 620 g/mol. The summed E-state index contributed by atoms with van der Waals surface area (Å²) in [7, 11) is 1.92. The Kier molecular flexibility index (Phi) is 7.86. The molecule has 0 aromatic heterocycles. The highest BCUT2D eigenvalue weighted by Gasteiger charge is 2.72. The van der Waals surface area contributed by atoms with Crippen molar-refractivity contribution in [3.05, 3.63) is 47.4 Å². The second-order valence-corrected chi connectivity index (χ2v) is 11.5. The average Bonchev–Trinajstić information content (AvgIpc) is 3.32. The van der Waals surface area contributed by atoms with Gasteiger partial charge in [0, 0.05) is 18.0 Å². The Labute approximate surface area is 250 Å². The van der Waals surface area contributed by atoms with Gasteiger partial charge in [-0.1, -0.05) is 12.6 Å². The lowest BCUT2D eigenvalue weighted by Crippen LogP contribution is -2.74. The molecule has 2 heterocycles. The number of aromatic hydroxyl groups is 1. The summed E-state index contributed by atoms with van der Waals surface area (Å²) >= 11 is 0. The third-order valence-electron chi connectivity index (χ3n) is 9.02. The van der Waals surface area contributed by atoms with E-state index in [1.165, 1.54) is 12.1 Å². The number of hydrogen-bond acceptors (Lipinski definition) is 13. The lowest BCUT2D eigenvalue weighted by molar-refractivity contribution is -0.177. The number of aliphatic hydroxyl groups excluding tert-OH is 2. The van der Waals surface area contributed by atoms with E-state index in [1.807, 2.05) is 7.05 Å². The van der Waals surface area contributed by atoms with Crippen LogP contribution >= 0.6 is 0 Å². The number of carboxylic acids is 2. The van der Waals surface area contributed by atoms with Gasteiger partial charge in [-0.05, 0) is 51.1 Å². The van der Waals surface area contributed by atoms with Crippen molar-refractivity contribution in [2.75, 3.05) is 13.6 Å². The van der Waals surface area contributed by atoms with Crippen LogP contribution in [-0.2, 0) is 45.2 Å². The molecule has 1 aromatic rings. The van der Waals surface area contributed by atoms with E-state index in [0.717, 1.165) is 12.5 Å². The van der Waals surface area contributed by atoms with Crippen molar-refractivity contribution in [2.24, 2.45) is 0 Å². The molecule has 6 N–H and O–H groups in total. The highest BCUT2D eigenvalue weighted by Crippen LogP contribution is 2.65. The minimum absolute atomic E-state index is 0.0308. The summed E-state index contributed by atoms with van der Waals surface area (Å²) in [6, 6.07) is 3.01. The van der Waals surface area contributed by atoms with Crippen LogP contribution in [0.2, 0.25) is 0 Å². The van der Waals surface area contributed by atoms with Gasteiger partial charge < -0.3 is 54.5 Å². The number of piperidine rings is 1. The molecule has 44 heavy (non-hydrogen) atoms. The summed E-state index contributed by atoms with van der Waals surface area (Å²) in [6.45, 7) is 5.23. The van der Waals surface area contributed by atoms with Gasteiger partial charge in [0.15, 0.2) is 42.0 Å². The first-order valence-corrected chi connectivity index (χ1v) is 13.8. The van der Waals surface area contributed by atoms with Crippen LogP contribution in [0.3, 0.4) is 0 Å². The van der Waals surface area contributed by atoms with Crippen LogP contribution in [0.25, 0.3) is 0 Å². The maximum atomic E-state index is 13.3. The molecule has 238 valence electrons. The molecule has 2 aliphatic carbocycles. The van der Waals surface area contributed by atoms with Crippen molar-refractivity contribution in [3.63, 3.8) is 0 Å². The van der Waals surface area contributed by atoms with Crippen molar-refractivity contribution < 1.29 is 68.8 Å². The van der Waals surface area contributed by atoms with Crippen LogP contribution in [0.4, 0.5) is 0 Å². The Balaban J connectivity index is 1.41. The third kappa shape index (κ3) is 4.76. The zero-order valence-corrected chi connectivity index (χ0v) is 23.8. The Morgan fingerprint density at radius 2 is 1.84 bits per heavy atom. The molecule has 0 amide bonds. The fraction of sp³-hybridized carbons (Fsp3) is 0.517. The summed E-state index contributed by atoms with van der Waals surface area (Å²) in [5.41, 5.74) is -0.814. The monoisotopic (exact) mass is 619 g/mol. The molecule has 1 saturated heterocycles. The van der Waals surface area contributed by atoms with E-state index in [0.29, 0.717) is 24.9 Å².